The van der Waals surface area contributed by atoms with E-state index >= 15 is 0 Å². The number of nitrogens with one attached hydrogen (secondary N) is 1. The van der Waals surface area contributed by atoms with Crippen LogP contribution in [-0.4, -0.2) is 30.9 Å². The van der Waals surface area contributed by atoms with Crippen LogP contribution in [0.15, 0.2) is 34.7 Å². The molecule has 24 heavy (non-hydrogen) atoms. The molecule has 0 spiro atoms. The summed E-state index contributed by atoms with van der Waals surface area (Å²) in [6, 6.07) is 9.11. The van der Waals surface area contributed by atoms with E-state index in [1.165, 1.54) is 0 Å². The zero-order valence-corrected chi connectivity index (χ0v) is 14.0. The van der Waals surface area contributed by atoms with Crippen molar-refractivity contribution in [3.63, 3.8) is 0 Å². The Morgan fingerprint density at radius 3 is 2.79 bits per heavy atom. The number of carbonyl (C=O) groups is 2. The van der Waals surface area contributed by atoms with E-state index < -0.39 is 5.92 Å². The maximum absolute atomic E-state index is 12.5. The molecule has 1 aromatic heterocycles. The minimum absolute atomic E-state index is 0.104. The maximum atomic E-state index is 12.5. The Morgan fingerprint density at radius 1 is 1.33 bits per heavy atom. The number of amides is 2. The predicted molar refractivity (Wildman–Crippen MR) is 88.9 cm³/mol. The van der Waals surface area contributed by atoms with Gasteiger partial charge in [-0.1, -0.05) is 6.07 Å². The lowest BCUT2D eigenvalue weighted by molar-refractivity contribution is -0.132. The summed E-state index contributed by atoms with van der Waals surface area (Å²) >= 11 is 0. The van der Waals surface area contributed by atoms with Crippen molar-refractivity contribution in [1.29, 1.82) is 0 Å². The number of nitrogens with zero attached hydrogens (tertiary/aromatic N) is 1. The molecule has 0 unspecified atom stereocenters. The highest BCUT2D eigenvalue weighted by molar-refractivity contribution is 6.05. The van der Waals surface area contributed by atoms with Gasteiger partial charge in [-0.2, -0.15) is 0 Å². The monoisotopic (exact) mass is 328 g/mol. The normalized spacial score (nSPS) is 15.8. The fraction of sp³-hybridized carbons (Fsp3) is 0.333. The van der Waals surface area contributed by atoms with Gasteiger partial charge in [-0.3, -0.25) is 9.59 Å². The second kappa shape index (κ2) is 6.39. The fourth-order valence-corrected chi connectivity index (χ4v) is 2.86. The largest absolute Gasteiger partial charge is 0.497 e. The van der Waals surface area contributed by atoms with E-state index in [2.05, 4.69) is 5.32 Å². The summed E-state index contributed by atoms with van der Waals surface area (Å²) in [7, 11) is 3.28. The van der Waals surface area contributed by atoms with Crippen LogP contribution in [0.4, 0.5) is 5.69 Å². The number of anilines is 1. The van der Waals surface area contributed by atoms with E-state index in [9.17, 15) is 9.59 Å². The van der Waals surface area contributed by atoms with Crippen LogP contribution in [0.3, 0.4) is 0 Å². The lowest BCUT2D eigenvalue weighted by Gasteiger charge is -2.18. The molecule has 1 atom stereocenters. The molecule has 1 aliphatic heterocycles. The minimum atomic E-state index is -0.473. The van der Waals surface area contributed by atoms with Crippen LogP contribution >= 0.6 is 0 Å². The van der Waals surface area contributed by atoms with Crippen LogP contribution in [-0.2, 0) is 16.1 Å². The zero-order chi connectivity index (χ0) is 17.3. The first-order valence-electron chi connectivity index (χ1n) is 7.76. The van der Waals surface area contributed by atoms with E-state index in [-0.39, 0.29) is 18.2 Å². The third-order valence-corrected chi connectivity index (χ3v) is 4.20. The number of hydrogen-bond acceptors (Lipinski definition) is 4. The highest BCUT2D eigenvalue weighted by Crippen LogP contribution is 2.37. The number of carbonyl (C=O) groups excluding carboxylic acids is 2. The topological polar surface area (TPSA) is 71.8 Å². The van der Waals surface area contributed by atoms with Crippen molar-refractivity contribution in [3.8, 4) is 5.75 Å². The molecule has 2 amide bonds. The number of hydrogen-bond donors (Lipinski definition) is 1. The summed E-state index contributed by atoms with van der Waals surface area (Å²) in [5.74, 6) is 1.47. The van der Waals surface area contributed by atoms with Crippen molar-refractivity contribution in [1.82, 2.24) is 4.90 Å². The number of benzene rings is 1. The maximum Gasteiger partial charge on any atom is 0.232 e. The van der Waals surface area contributed by atoms with E-state index in [1.807, 2.05) is 25.1 Å². The number of ether oxygens (including phenoxy) is 1. The standard InChI is InChI=1S/C18H20N2O4/c1-11-4-5-13(24-11)10-20(2)17(21)9-15-14-7-6-12(23-3)8-16(14)19-18(15)22/h4-8,15H,9-10H2,1-3H3,(H,19,22)/t15-/m1/s1. The molecule has 126 valence electrons. The van der Waals surface area contributed by atoms with Crippen LogP contribution in [0.5, 0.6) is 5.75 Å². The van der Waals surface area contributed by atoms with Crippen molar-refractivity contribution in [3.05, 3.63) is 47.4 Å². The summed E-state index contributed by atoms with van der Waals surface area (Å²) in [5.41, 5.74) is 1.54. The summed E-state index contributed by atoms with van der Waals surface area (Å²) in [6.45, 7) is 2.25. The third-order valence-electron chi connectivity index (χ3n) is 4.20. The Labute approximate surface area is 140 Å². The first-order chi connectivity index (χ1) is 11.5. The first kappa shape index (κ1) is 16.1. The predicted octanol–water partition coefficient (Wildman–Crippen LogP) is 2.68. The molecular weight excluding hydrogens is 308 g/mol. The van der Waals surface area contributed by atoms with Crippen molar-refractivity contribution in [2.45, 2.75) is 25.8 Å². The molecule has 1 aliphatic rings. The van der Waals surface area contributed by atoms with Crippen molar-refractivity contribution < 1.29 is 18.7 Å². The van der Waals surface area contributed by atoms with Gasteiger partial charge in [-0.15, -0.1) is 0 Å². The van der Waals surface area contributed by atoms with Crippen LogP contribution in [0.25, 0.3) is 0 Å². The van der Waals surface area contributed by atoms with Gasteiger partial charge in [0.2, 0.25) is 11.8 Å². The van der Waals surface area contributed by atoms with Gasteiger partial charge in [0.15, 0.2) is 0 Å². The molecule has 3 rings (SSSR count). The Kier molecular flexibility index (Phi) is 4.29. The van der Waals surface area contributed by atoms with Gasteiger partial charge in [0, 0.05) is 25.2 Å². The van der Waals surface area contributed by atoms with Crippen LogP contribution in [0, 0.1) is 6.92 Å². The Hall–Kier alpha value is -2.76. The molecule has 6 heteroatoms. The fourth-order valence-electron chi connectivity index (χ4n) is 2.86. The summed E-state index contributed by atoms with van der Waals surface area (Å²) < 4.78 is 10.7. The van der Waals surface area contributed by atoms with E-state index in [0.717, 1.165) is 17.1 Å². The van der Waals surface area contributed by atoms with E-state index in [1.54, 1.807) is 31.2 Å². The van der Waals surface area contributed by atoms with Crippen LogP contribution < -0.4 is 10.1 Å². The molecule has 1 N–H and O–H groups in total. The highest BCUT2D eigenvalue weighted by atomic mass is 16.5. The van der Waals surface area contributed by atoms with Gasteiger partial charge in [0.25, 0.3) is 0 Å². The van der Waals surface area contributed by atoms with E-state index in [0.29, 0.717) is 18.0 Å². The number of fused-ring (bicyclic) bond motifs is 1. The molecule has 0 radical (unpaired) electrons. The summed E-state index contributed by atoms with van der Waals surface area (Å²) in [5, 5.41) is 2.81. The quantitative estimate of drug-likeness (QED) is 0.916. The molecule has 0 fully saturated rings. The van der Waals surface area contributed by atoms with Gasteiger partial charge in [0.05, 0.1) is 19.6 Å². The first-order valence-corrected chi connectivity index (χ1v) is 7.76. The summed E-state index contributed by atoms with van der Waals surface area (Å²) in [6.07, 6.45) is 0.126. The molecule has 0 bridgehead atoms. The second-order valence-electron chi connectivity index (χ2n) is 5.96. The zero-order valence-electron chi connectivity index (χ0n) is 14.0. The summed E-state index contributed by atoms with van der Waals surface area (Å²) in [4.78, 5) is 26.3. The van der Waals surface area contributed by atoms with Gasteiger partial charge < -0.3 is 19.4 Å². The minimum Gasteiger partial charge on any atom is -0.497 e. The van der Waals surface area contributed by atoms with E-state index in [4.69, 9.17) is 9.15 Å². The average Bonchev–Trinajstić information content (AvgIpc) is 3.10. The van der Waals surface area contributed by atoms with Gasteiger partial charge in [-0.05, 0) is 30.7 Å². The van der Waals surface area contributed by atoms with Gasteiger partial charge in [-0.25, -0.2) is 0 Å². The smallest absolute Gasteiger partial charge is 0.232 e. The number of aryl methyl sites for hydroxylation is 1. The molecule has 1 aromatic carbocycles. The van der Waals surface area contributed by atoms with Crippen molar-refractivity contribution in [2.24, 2.45) is 0 Å². The third kappa shape index (κ3) is 3.13. The van der Waals surface area contributed by atoms with Crippen LogP contribution in [0.2, 0.25) is 0 Å². The average molecular weight is 328 g/mol. The molecule has 2 aromatic rings. The van der Waals surface area contributed by atoms with Gasteiger partial charge >= 0.3 is 0 Å². The molecule has 0 saturated carbocycles. The van der Waals surface area contributed by atoms with Crippen molar-refractivity contribution >= 4 is 17.5 Å². The molecular formula is C18H20N2O4. The Balaban J connectivity index is 1.69. The highest BCUT2D eigenvalue weighted by Gasteiger charge is 2.33. The second-order valence-corrected chi connectivity index (χ2v) is 5.96. The number of furan rings is 1. The lowest BCUT2D eigenvalue weighted by atomic mass is 9.96. The van der Waals surface area contributed by atoms with Crippen molar-refractivity contribution in [2.75, 3.05) is 19.5 Å². The van der Waals surface area contributed by atoms with Crippen LogP contribution in [0.1, 0.15) is 29.4 Å². The SMILES string of the molecule is COc1ccc2c(c1)NC(=O)[C@@H]2CC(=O)N(C)Cc1ccc(C)o1. The molecule has 0 aliphatic carbocycles. The Bertz CT molecular complexity index is 781. The Morgan fingerprint density at radius 2 is 2.12 bits per heavy atom. The molecule has 0 saturated heterocycles. The van der Waals surface area contributed by atoms with Gasteiger partial charge in [0.1, 0.15) is 17.3 Å². The lowest BCUT2D eigenvalue weighted by Crippen LogP contribution is -2.29. The number of methoxy groups -OCH3 is 1. The number of rotatable bonds is 5. The molecule has 2 heterocycles. The molecule has 6 nitrogen and oxygen atoms in total.